The summed E-state index contributed by atoms with van der Waals surface area (Å²) in [4.78, 5) is 16.5. The van der Waals surface area contributed by atoms with E-state index in [0.29, 0.717) is 13.0 Å². The van der Waals surface area contributed by atoms with Gasteiger partial charge in [0.25, 0.3) is 0 Å². The van der Waals surface area contributed by atoms with Gasteiger partial charge in [0.2, 0.25) is 0 Å². The van der Waals surface area contributed by atoms with Crippen molar-refractivity contribution in [2.75, 3.05) is 39.8 Å². The van der Waals surface area contributed by atoms with Crippen LogP contribution in [0.1, 0.15) is 51.9 Å². The van der Waals surface area contributed by atoms with Gasteiger partial charge in [-0.3, -0.25) is 4.79 Å². The Kier molecular flexibility index (Phi) is 6.97. The first-order valence-electron chi connectivity index (χ1n) is 8.79. The highest BCUT2D eigenvalue weighted by molar-refractivity contribution is 5.69. The number of fused-ring (bicyclic) bond motifs is 1. The summed E-state index contributed by atoms with van der Waals surface area (Å²) in [5.74, 6) is 0.848. The fourth-order valence-electron chi connectivity index (χ4n) is 3.95. The molecule has 0 spiro atoms. The second-order valence-corrected chi connectivity index (χ2v) is 6.66. The van der Waals surface area contributed by atoms with Crippen molar-refractivity contribution in [1.82, 2.24) is 9.80 Å². The molecule has 2 unspecified atom stereocenters. The normalized spacial score (nSPS) is 27.3. The molecule has 0 bridgehead atoms. The van der Waals surface area contributed by atoms with Crippen LogP contribution >= 0.6 is 0 Å². The third kappa shape index (κ3) is 5.26. The van der Waals surface area contributed by atoms with Gasteiger partial charge in [0, 0.05) is 19.0 Å². The number of ether oxygens (including phenoxy) is 1. The zero-order valence-corrected chi connectivity index (χ0v) is 13.9. The summed E-state index contributed by atoms with van der Waals surface area (Å²) in [5, 5.41) is 0. The first kappa shape index (κ1) is 16.8. The molecule has 0 aliphatic carbocycles. The van der Waals surface area contributed by atoms with Gasteiger partial charge in [-0.05, 0) is 71.6 Å². The molecule has 0 saturated carbocycles. The van der Waals surface area contributed by atoms with E-state index in [1.54, 1.807) is 0 Å². The summed E-state index contributed by atoms with van der Waals surface area (Å²) in [6.07, 6.45) is 8.03. The molecular weight excluding hydrogens is 264 g/mol. The Balaban J connectivity index is 1.57. The molecule has 21 heavy (non-hydrogen) atoms. The van der Waals surface area contributed by atoms with Crippen molar-refractivity contribution in [3.05, 3.63) is 0 Å². The molecule has 0 radical (unpaired) electrons. The van der Waals surface area contributed by atoms with Crippen molar-refractivity contribution in [2.24, 2.45) is 5.92 Å². The molecule has 2 aliphatic rings. The monoisotopic (exact) mass is 296 g/mol. The van der Waals surface area contributed by atoms with Gasteiger partial charge in [-0.1, -0.05) is 6.42 Å². The first-order chi connectivity index (χ1) is 10.2. The third-order valence-corrected chi connectivity index (χ3v) is 5.09. The molecule has 4 nitrogen and oxygen atoms in total. The van der Waals surface area contributed by atoms with E-state index in [4.69, 9.17) is 4.74 Å². The summed E-state index contributed by atoms with van der Waals surface area (Å²) in [7, 11) is 2.29. The molecule has 4 heteroatoms. The van der Waals surface area contributed by atoms with Crippen LogP contribution in [0.2, 0.25) is 0 Å². The van der Waals surface area contributed by atoms with Gasteiger partial charge in [-0.2, -0.15) is 0 Å². The zero-order chi connectivity index (χ0) is 15.1. The quantitative estimate of drug-likeness (QED) is 0.534. The van der Waals surface area contributed by atoms with Crippen molar-refractivity contribution in [3.63, 3.8) is 0 Å². The largest absolute Gasteiger partial charge is 0.466 e. The molecule has 2 rings (SSSR count). The number of piperidine rings is 2. The maximum atomic E-state index is 11.3. The summed E-state index contributed by atoms with van der Waals surface area (Å²) in [5.41, 5.74) is 0. The summed E-state index contributed by atoms with van der Waals surface area (Å²) in [6, 6.07) is 0.832. The van der Waals surface area contributed by atoms with E-state index in [2.05, 4.69) is 16.8 Å². The number of nitrogens with zero attached hydrogens (tertiary/aromatic N) is 2. The highest BCUT2D eigenvalue weighted by Gasteiger charge is 2.33. The number of likely N-dealkylation sites (tertiary alicyclic amines) is 2. The van der Waals surface area contributed by atoms with E-state index in [-0.39, 0.29) is 5.97 Å². The fraction of sp³-hybridized carbons (Fsp3) is 0.941. The number of carbonyl (C=O) groups is 1. The van der Waals surface area contributed by atoms with Gasteiger partial charge in [-0.15, -0.1) is 0 Å². The van der Waals surface area contributed by atoms with Gasteiger partial charge < -0.3 is 14.5 Å². The Morgan fingerprint density at radius 3 is 2.86 bits per heavy atom. The molecule has 2 saturated heterocycles. The second-order valence-electron chi connectivity index (χ2n) is 6.66. The van der Waals surface area contributed by atoms with Gasteiger partial charge in [0.15, 0.2) is 0 Å². The predicted molar refractivity (Wildman–Crippen MR) is 85.3 cm³/mol. The Morgan fingerprint density at radius 2 is 2.05 bits per heavy atom. The zero-order valence-electron chi connectivity index (χ0n) is 13.9. The van der Waals surface area contributed by atoms with Crippen LogP contribution in [0.4, 0.5) is 0 Å². The molecule has 0 aromatic rings. The number of rotatable bonds is 7. The number of esters is 1. The minimum absolute atomic E-state index is 0.0384. The minimum atomic E-state index is -0.0384. The van der Waals surface area contributed by atoms with Gasteiger partial charge in [-0.25, -0.2) is 0 Å². The van der Waals surface area contributed by atoms with E-state index in [1.165, 1.54) is 51.9 Å². The SMILES string of the molecule is CCOC(=O)CCCCCN1CCC2C(CCCN2C)C1. The highest BCUT2D eigenvalue weighted by atomic mass is 16.5. The van der Waals surface area contributed by atoms with Crippen molar-refractivity contribution < 1.29 is 9.53 Å². The van der Waals surface area contributed by atoms with E-state index in [0.717, 1.165) is 24.8 Å². The lowest BCUT2D eigenvalue weighted by atomic mass is 9.84. The summed E-state index contributed by atoms with van der Waals surface area (Å²) < 4.78 is 4.95. The lowest BCUT2D eigenvalue weighted by Crippen LogP contribution is -2.52. The van der Waals surface area contributed by atoms with E-state index in [1.807, 2.05) is 6.92 Å². The number of hydrogen-bond donors (Lipinski definition) is 0. The topological polar surface area (TPSA) is 32.8 Å². The van der Waals surface area contributed by atoms with Crippen LogP contribution in [0.3, 0.4) is 0 Å². The smallest absolute Gasteiger partial charge is 0.305 e. The van der Waals surface area contributed by atoms with Crippen LogP contribution in [-0.4, -0.2) is 61.6 Å². The lowest BCUT2D eigenvalue weighted by molar-refractivity contribution is -0.143. The number of carbonyl (C=O) groups excluding carboxylic acids is 1. The maximum absolute atomic E-state index is 11.3. The maximum Gasteiger partial charge on any atom is 0.305 e. The molecule has 2 heterocycles. The molecule has 2 aliphatic heterocycles. The van der Waals surface area contributed by atoms with Crippen LogP contribution in [0.5, 0.6) is 0 Å². The van der Waals surface area contributed by atoms with E-state index in [9.17, 15) is 4.79 Å². The van der Waals surface area contributed by atoms with Crippen LogP contribution in [0, 0.1) is 5.92 Å². The van der Waals surface area contributed by atoms with Crippen LogP contribution in [0.15, 0.2) is 0 Å². The molecule has 0 amide bonds. The number of hydrogen-bond acceptors (Lipinski definition) is 4. The van der Waals surface area contributed by atoms with Crippen molar-refractivity contribution in [3.8, 4) is 0 Å². The molecule has 2 fully saturated rings. The fourth-order valence-corrected chi connectivity index (χ4v) is 3.95. The molecule has 122 valence electrons. The Morgan fingerprint density at radius 1 is 1.19 bits per heavy atom. The predicted octanol–water partition coefficient (Wildman–Crippen LogP) is 2.53. The van der Waals surface area contributed by atoms with Crippen LogP contribution in [-0.2, 0) is 9.53 Å². The standard InChI is InChI=1S/C17H32N2O2/c1-3-21-17(20)9-5-4-6-12-19-13-10-16-15(14-19)8-7-11-18(16)2/h15-16H,3-14H2,1-2H3. The molecule has 0 aromatic carbocycles. The third-order valence-electron chi connectivity index (χ3n) is 5.09. The van der Waals surface area contributed by atoms with Crippen molar-refractivity contribution in [2.45, 2.75) is 57.9 Å². The van der Waals surface area contributed by atoms with E-state index >= 15 is 0 Å². The van der Waals surface area contributed by atoms with Gasteiger partial charge in [0.05, 0.1) is 6.61 Å². The second kappa shape index (κ2) is 8.74. The van der Waals surface area contributed by atoms with Crippen molar-refractivity contribution >= 4 is 5.97 Å². The molecule has 0 N–H and O–H groups in total. The van der Waals surface area contributed by atoms with Crippen molar-refractivity contribution in [1.29, 1.82) is 0 Å². The van der Waals surface area contributed by atoms with Gasteiger partial charge in [0.1, 0.15) is 0 Å². The lowest BCUT2D eigenvalue weighted by Gasteiger charge is -2.46. The van der Waals surface area contributed by atoms with Gasteiger partial charge >= 0.3 is 5.97 Å². The highest BCUT2D eigenvalue weighted by Crippen LogP contribution is 2.29. The van der Waals surface area contributed by atoms with Crippen LogP contribution in [0.25, 0.3) is 0 Å². The Bertz CT molecular complexity index is 322. The molecule has 2 atom stereocenters. The molecular formula is C17H32N2O2. The van der Waals surface area contributed by atoms with E-state index < -0.39 is 0 Å². The first-order valence-corrected chi connectivity index (χ1v) is 8.79. The molecule has 0 aromatic heterocycles. The Hall–Kier alpha value is -0.610. The summed E-state index contributed by atoms with van der Waals surface area (Å²) in [6.45, 7) is 7.40. The summed E-state index contributed by atoms with van der Waals surface area (Å²) >= 11 is 0. The number of unbranched alkanes of at least 4 members (excludes halogenated alkanes) is 2. The van der Waals surface area contributed by atoms with Crippen LogP contribution < -0.4 is 0 Å². The average Bonchev–Trinajstić information content (AvgIpc) is 2.47. The minimum Gasteiger partial charge on any atom is -0.466 e. The Labute approximate surface area is 129 Å². The average molecular weight is 296 g/mol.